The first-order valence-corrected chi connectivity index (χ1v) is 19.3. The third-order valence-corrected chi connectivity index (χ3v) is 8.88. The molecule has 1 rings (SSSR count). The summed E-state index contributed by atoms with van der Waals surface area (Å²) in [4.78, 5) is 0. The highest BCUT2D eigenvalue weighted by Gasteiger charge is 2.40. The predicted molar refractivity (Wildman–Crippen MR) is 193 cm³/mol. The van der Waals surface area contributed by atoms with Crippen molar-refractivity contribution < 1.29 is 14.6 Å². The summed E-state index contributed by atoms with van der Waals surface area (Å²) in [7, 11) is 0. The minimum absolute atomic E-state index is 0.0641. The zero-order valence-corrected chi connectivity index (χ0v) is 29.5. The molecule has 1 aliphatic rings. The molecule has 0 saturated carbocycles. The second-order valence-corrected chi connectivity index (χ2v) is 13.1. The number of ether oxygens (including phenoxy) is 2. The van der Waals surface area contributed by atoms with Crippen LogP contribution in [0.25, 0.3) is 0 Å². The summed E-state index contributed by atoms with van der Waals surface area (Å²) in [6, 6.07) is 0. The Labute approximate surface area is 275 Å². The number of allylic oxidation sites excluding steroid dienone is 8. The van der Waals surface area contributed by atoms with Crippen molar-refractivity contribution in [1.82, 2.24) is 0 Å². The summed E-state index contributed by atoms with van der Waals surface area (Å²) < 4.78 is 12.7. The van der Waals surface area contributed by atoms with Crippen molar-refractivity contribution in [2.24, 2.45) is 0 Å². The van der Waals surface area contributed by atoms with E-state index in [9.17, 15) is 5.11 Å². The van der Waals surface area contributed by atoms with Crippen LogP contribution < -0.4 is 0 Å². The van der Waals surface area contributed by atoms with Crippen LogP contribution in [0.15, 0.2) is 48.6 Å². The van der Waals surface area contributed by atoms with E-state index in [2.05, 4.69) is 62.5 Å². The van der Waals surface area contributed by atoms with Crippen molar-refractivity contribution >= 4 is 0 Å². The number of aliphatic hydroxyl groups is 1. The normalized spacial score (nSPS) is 17.0. The van der Waals surface area contributed by atoms with Gasteiger partial charge in [-0.1, -0.05) is 140 Å². The van der Waals surface area contributed by atoms with Crippen LogP contribution in [0, 0.1) is 0 Å². The lowest BCUT2D eigenvalue weighted by Crippen LogP contribution is -2.31. The molecule has 3 heteroatoms. The van der Waals surface area contributed by atoms with Crippen LogP contribution in [0.2, 0.25) is 0 Å². The first kappa shape index (κ1) is 40.9. The quantitative estimate of drug-likeness (QED) is 0.0605. The number of aliphatic hydroxyl groups excluding tert-OH is 1. The maximum Gasteiger partial charge on any atom is 0.168 e. The second-order valence-electron chi connectivity index (χ2n) is 13.1. The molecule has 3 nitrogen and oxygen atoms in total. The van der Waals surface area contributed by atoms with Crippen LogP contribution >= 0.6 is 0 Å². The Morgan fingerprint density at radius 2 is 0.909 bits per heavy atom. The van der Waals surface area contributed by atoms with E-state index in [4.69, 9.17) is 9.47 Å². The van der Waals surface area contributed by atoms with Gasteiger partial charge in [0, 0.05) is 19.4 Å². The van der Waals surface area contributed by atoms with Crippen LogP contribution in [0.5, 0.6) is 0 Å². The lowest BCUT2D eigenvalue weighted by atomic mass is 9.98. The molecular formula is C41H74O3. The molecule has 1 N–H and O–H groups in total. The largest absolute Gasteiger partial charge is 0.396 e. The Balaban J connectivity index is 2.08. The van der Waals surface area contributed by atoms with Crippen molar-refractivity contribution in [3.8, 4) is 0 Å². The summed E-state index contributed by atoms with van der Waals surface area (Å²) in [5, 5.41) is 9.40. The van der Waals surface area contributed by atoms with E-state index in [1.54, 1.807) is 0 Å². The molecule has 0 bridgehead atoms. The topological polar surface area (TPSA) is 38.7 Å². The van der Waals surface area contributed by atoms with Crippen LogP contribution in [0.3, 0.4) is 0 Å². The van der Waals surface area contributed by atoms with E-state index < -0.39 is 5.79 Å². The molecule has 0 amide bonds. The lowest BCUT2D eigenvalue weighted by Gasteiger charge is -2.28. The molecule has 0 aromatic heterocycles. The van der Waals surface area contributed by atoms with Crippen molar-refractivity contribution in [1.29, 1.82) is 0 Å². The molecule has 44 heavy (non-hydrogen) atoms. The van der Waals surface area contributed by atoms with E-state index in [0.29, 0.717) is 13.0 Å². The van der Waals surface area contributed by atoms with Gasteiger partial charge in [-0.15, -0.1) is 0 Å². The maximum absolute atomic E-state index is 9.40. The van der Waals surface area contributed by atoms with Crippen LogP contribution in [0.4, 0.5) is 0 Å². The number of hydrogen-bond donors (Lipinski definition) is 1. The van der Waals surface area contributed by atoms with Crippen molar-refractivity contribution in [3.05, 3.63) is 48.6 Å². The average Bonchev–Trinajstić information content (AvgIpc) is 3.43. The number of unbranched alkanes of at least 4 members (excludes halogenated alkanes) is 18. The van der Waals surface area contributed by atoms with Crippen LogP contribution in [-0.4, -0.2) is 30.2 Å². The Morgan fingerprint density at radius 3 is 1.32 bits per heavy atom. The van der Waals surface area contributed by atoms with Gasteiger partial charge in [-0.2, -0.15) is 0 Å². The minimum Gasteiger partial charge on any atom is -0.396 e. The van der Waals surface area contributed by atoms with E-state index >= 15 is 0 Å². The molecule has 1 unspecified atom stereocenters. The summed E-state index contributed by atoms with van der Waals surface area (Å²) in [6.07, 6.45) is 52.0. The fourth-order valence-corrected chi connectivity index (χ4v) is 6.06. The zero-order chi connectivity index (χ0) is 31.7. The van der Waals surface area contributed by atoms with Gasteiger partial charge in [0.05, 0.1) is 12.7 Å². The summed E-state index contributed by atoms with van der Waals surface area (Å²) in [5.41, 5.74) is 0. The van der Waals surface area contributed by atoms with Gasteiger partial charge in [0.1, 0.15) is 0 Å². The van der Waals surface area contributed by atoms with Gasteiger partial charge < -0.3 is 14.6 Å². The third kappa shape index (κ3) is 25.1. The standard InChI is InChI=1S/C41H74O3/c1-3-5-7-9-11-13-15-17-19-21-23-25-27-29-31-33-36-41(43-39-40(44-41)35-38-42)37-34-32-30-28-26-24-22-20-18-16-14-12-10-8-6-4-2/h11-14,17-20,40,42H,3-10,15-16,21-39H2,1-2H3/b13-11+,14-12+,19-17+,20-18+. The van der Waals surface area contributed by atoms with Crippen LogP contribution in [0.1, 0.15) is 187 Å². The first-order valence-electron chi connectivity index (χ1n) is 19.3. The SMILES string of the molecule is CCCCC/C=C/C/C=C/CCCCCCCCC1(CCCCCCCC/C=C/C/C=C/CCCCC)OCC(CCO)O1. The highest BCUT2D eigenvalue weighted by Crippen LogP contribution is 2.35. The molecule has 1 fully saturated rings. The Morgan fingerprint density at radius 1 is 0.523 bits per heavy atom. The molecule has 256 valence electrons. The minimum atomic E-state index is -0.398. The van der Waals surface area contributed by atoms with E-state index in [1.165, 1.54) is 141 Å². The lowest BCUT2D eigenvalue weighted by molar-refractivity contribution is -0.180. The average molecular weight is 615 g/mol. The van der Waals surface area contributed by atoms with Gasteiger partial charge in [0.15, 0.2) is 5.79 Å². The number of hydrogen-bond acceptors (Lipinski definition) is 3. The third-order valence-electron chi connectivity index (χ3n) is 8.88. The molecule has 1 saturated heterocycles. The first-order chi connectivity index (χ1) is 21.8. The summed E-state index contributed by atoms with van der Waals surface area (Å²) >= 11 is 0. The van der Waals surface area contributed by atoms with E-state index in [0.717, 1.165) is 25.7 Å². The smallest absolute Gasteiger partial charge is 0.168 e. The molecule has 1 atom stereocenters. The van der Waals surface area contributed by atoms with E-state index in [1.807, 2.05) is 0 Å². The van der Waals surface area contributed by atoms with Crippen molar-refractivity contribution in [2.45, 2.75) is 199 Å². The van der Waals surface area contributed by atoms with Gasteiger partial charge in [-0.05, 0) is 83.5 Å². The Hall–Kier alpha value is -1.16. The van der Waals surface area contributed by atoms with Gasteiger partial charge in [-0.3, -0.25) is 0 Å². The molecule has 1 heterocycles. The van der Waals surface area contributed by atoms with Gasteiger partial charge >= 0.3 is 0 Å². The molecule has 0 aliphatic carbocycles. The molecule has 0 spiro atoms. The molecular weight excluding hydrogens is 540 g/mol. The van der Waals surface area contributed by atoms with Crippen molar-refractivity contribution in [3.63, 3.8) is 0 Å². The van der Waals surface area contributed by atoms with Gasteiger partial charge in [-0.25, -0.2) is 0 Å². The fraction of sp³-hybridized carbons (Fsp3) is 0.805. The zero-order valence-electron chi connectivity index (χ0n) is 29.5. The van der Waals surface area contributed by atoms with Gasteiger partial charge in [0.2, 0.25) is 0 Å². The number of rotatable bonds is 32. The maximum atomic E-state index is 9.40. The highest BCUT2D eigenvalue weighted by molar-refractivity contribution is 4.93. The molecule has 1 aliphatic heterocycles. The van der Waals surface area contributed by atoms with Gasteiger partial charge in [0.25, 0.3) is 0 Å². The monoisotopic (exact) mass is 615 g/mol. The molecule has 0 aromatic rings. The van der Waals surface area contributed by atoms with E-state index in [-0.39, 0.29) is 12.7 Å². The summed E-state index contributed by atoms with van der Waals surface area (Å²) in [5.74, 6) is -0.398. The van der Waals surface area contributed by atoms with Crippen LogP contribution in [-0.2, 0) is 9.47 Å². The fourth-order valence-electron chi connectivity index (χ4n) is 6.06. The summed E-state index contributed by atoms with van der Waals surface area (Å²) in [6.45, 7) is 5.35. The predicted octanol–water partition coefficient (Wildman–Crippen LogP) is 12.9. The Bertz CT molecular complexity index is 659. The second kappa shape index (κ2) is 31.8. The molecule has 0 aromatic carbocycles. The highest BCUT2D eigenvalue weighted by atomic mass is 16.7. The van der Waals surface area contributed by atoms with Crippen molar-refractivity contribution in [2.75, 3.05) is 13.2 Å². The molecule has 0 radical (unpaired) electrons. The Kier molecular flexibility index (Phi) is 29.5.